The largest absolute Gasteiger partial charge is 0.342 e. The first-order chi connectivity index (χ1) is 11.8. The Balaban J connectivity index is 2.00. The van der Waals surface area contributed by atoms with E-state index in [9.17, 15) is 9.18 Å². The molecule has 1 aliphatic heterocycles. The molecule has 0 fully saturated rings. The first-order valence-corrected chi connectivity index (χ1v) is 8.61. The number of benzene rings is 1. The summed E-state index contributed by atoms with van der Waals surface area (Å²) < 4.78 is 14.8. The van der Waals surface area contributed by atoms with Crippen LogP contribution in [0.3, 0.4) is 0 Å². The van der Waals surface area contributed by atoms with Crippen molar-refractivity contribution in [2.45, 2.75) is 46.5 Å². The summed E-state index contributed by atoms with van der Waals surface area (Å²) in [6, 6.07) is 5.07. The van der Waals surface area contributed by atoms with Crippen LogP contribution in [0.2, 0.25) is 0 Å². The highest BCUT2D eigenvalue weighted by molar-refractivity contribution is 6.01. The molecular formula is C20H22FN3O. The molecule has 1 aromatic carbocycles. The Bertz CT molecular complexity index is 903. The van der Waals surface area contributed by atoms with Gasteiger partial charge in [-0.15, -0.1) is 0 Å². The summed E-state index contributed by atoms with van der Waals surface area (Å²) in [4.78, 5) is 13.0. The molecule has 1 unspecified atom stereocenters. The molecule has 1 aromatic heterocycles. The second-order valence-corrected chi connectivity index (χ2v) is 7.97. The quantitative estimate of drug-likeness (QED) is 0.811. The number of aromatic amines is 1. The molecule has 0 radical (unpaired) electrons. The molecule has 2 aromatic rings. The number of allylic oxidation sites excluding steroid dienone is 2. The molecule has 2 heterocycles. The maximum absolute atomic E-state index is 14.8. The molecule has 130 valence electrons. The minimum Gasteiger partial charge on any atom is -0.342 e. The number of carbonyl (C=O) groups excluding carboxylic acids is 1. The molecule has 2 aliphatic rings. The van der Waals surface area contributed by atoms with Crippen molar-refractivity contribution in [3.8, 4) is 0 Å². The number of nitrogens with one attached hydrogen (secondary N) is 2. The Morgan fingerprint density at radius 3 is 2.68 bits per heavy atom. The van der Waals surface area contributed by atoms with Crippen LogP contribution in [0.1, 0.15) is 55.0 Å². The number of H-pyrrole nitrogens is 1. The van der Waals surface area contributed by atoms with E-state index in [1.54, 1.807) is 6.07 Å². The van der Waals surface area contributed by atoms with Crippen LogP contribution < -0.4 is 5.32 Å². The van der Waals surface area contributed by atoms with Crippen LogP contribution >= 0.6 is 0 Å². The number of ketones is 1. The maximum Gasteiger partial charge on any atom is 0.162 e. The number of fused-ring (bicyclic) bond motifs is 1. The molecule has 0 saturated carbocycles. The molecule has 0 spiro atoms. The Morgan fingerprint density at radius 1 is 1.20 bits per heavy atom. The summed E-state index contributed by atoms with van der Waals surface area (Å²) in [7, 11) is 0. The number of aromatic nitrogens is 2. The predicted octanol–water partition coefficient (Wildman–Crippen LogP) is 4.37. The highest BCUT2D eigenvalue weighted by Crippen LogP contribution is 2.50. The molecule has 0 amide bonds. The lowest BCUT2D eigenvalue weighted by atomic mass is 9.68. The van der Waals surface area contributed by atoms with Crippen LogP contribution in [0.5, 0.6) is 0 Å². The first-order valence-electron chi connectivity index (χ1n) is 8.61. The molecule has 4 nitrogen and oxygen atoms in total. The van der Waals surface area contributed by atoms with E-state index in [0.717, 1.165) is 28.9 Å². The van der Waals surface area contributed by atoms with Gasteiger partial charge in [-0.3, -0.25) is 9.89 Å². The van der Waals surface area contributed by atoms with E-state index in [-0.39, 0.29) is 17.0 Å². The van der Waals surface area contributed by atoms with Crippen LogP contribution in [-0.2, 0) is 4.79 Å². The maximum atomic E-state index is 14.8. The average Bonchev–Trinajstić information content (AvgIpc) is 2.86. The Kier molecular flexibility index (Phi) is 3.39. The first kappa shape index (κ1) is 16.1. The zero-order valence-electron chi connectivity index (χ0n) is 15.0. The molecule has 25 heavy (non-hydrogen) atoms. The van der Waals surface area contributed by atoms with E-state index < -0.39 is 5.92 Å². The number of nitrogens with zero attached hydrogens (tertiary/aromatic N) is 1. The lowest BCUT2D eigenvalue weighted by Crippen LogP contribution is -2.34. The Labute approximate surface area is 146 Å². The van der Waals surface area contributed by atoms with Gasteiger partial charge in [0.05, 0.1) is 0 Å². The van der Waals surface area contributed by atoms with Gasteiger partial charge in [0, 0.05) is 40.4 Å². The fourth-order valence-corrected chi connectivity index (χ4v) is 4.25. The zero-order valence-corrected chi connectivity index (χ0v) is 15.0. The standard InChI is InChI=1S/C20H22FN3O/c1-10-6-5-7-12(21)15(10)18-16-11(2)23-24-19(16)22-13-8-20(3,4)9-14(25)17(13)18/h5-7,18H,8-9H2,1-4H3,(H2,22,23,24). The fourth-order valence-electron chi connectivity index (χ4n) is 4.25. The molecule has 5 heteroatoms. The molecule has 1 aliphatic carbocycles. The second kappa shape index (κ2) is 5.28. The Morgan fingerprint density at radius 2 is 1.96 bits per heavy atom. The number of rotatable bonds is 1. The summed E-state index contributed by atoms with van der Waals surface area (Å²) >= 11 is 0. The van der Waals surface area contributed by atoms with Crippen LogP contribution in [-0.4, -0.2) is 16.0 Å². The number of carbonyl (C=O) groups is 1. The molecule has 1 atom stereocenters. The molecule has 0 bridgehead atoms. The van der Waals surface area contributed by atoms with E-state index in [2.05, 4.69) is 29.4 Å². The number of hydrogen-bond donors (Lipinski definition) is 2. The lowest BCUT2D eigenvalue weighted by molar-refractivity contribution is -0.118. The SMILES string of the molecule is Cc1cccc(F)c1C1C2=C(CC(C)(C)CC2=O)Nc2n[nH]c(C)c21. The molecular weight excluding hydrogens is 317 g/mol. The highest BCUT2D eigenvalue weighted by Gasteiger charge is 2.43. The van der Waals surface area contributed by atoms with E-state index >= 15 is 0 Å². The third-order valence-corrected chi connectivity index (χ3v) is 5.32. The van der Waals surface area contributed by atoms with Gasteiger partial charge >= 0.3 is 0 Å². The van der Waals surface area contributed by atoms with Gasteiger partial charge in [0.1, 0.15) is 5.82 Å². The van der Waals surface area contributed by atoms with Crippen LogP contribution in [0.15, 0.2) is 29.5 Å². The summed E-state index contributed by atoms with van der Waals surface area (Å²) in [6.07, 6.45) is 1.23. The highest BCUT2D eigenvalue weighted by atomic mass is 19.1. The van der Waals surface area contributed by atoms with Gasteiger partial charge in [-0.1, -0.05) is 26.0 Å². The van der Waals surface area contributed by atoms with Gasteiger partial charge in [0.2, 0.25) is 0 Å². The lowest BCUT2D eigenvalue weighted by Gasteiger charge is -2.38. The smallest absolute Gasteiger partial charge is 0.162 e. The van der Waals surface area contributed by atoms with Crippen molar-refractivity contribution in [2.24, 2.45) is 5.41 Å². The Hall–Kier alpha value is -2.43. The molecule has 2 N–H and O–H groups in total. The number of aryl methyl sites for hydroxylation is 2. The normalized spacial score (nSPS) is 21.6. The summed E-state index contributed by atoms with van der Waals surface area (Å²) in [5.41, 5.74) is 4.63. The van der Waals surface area contributed by atoms with Gasteiger partial charge in [-0.2, -0.15) is 5.10 Å². The summed E-state index contributed by atoms with van der Waals surface area (Å²) in [5, 5.41) is 10.7. The van der Waals surface area contributed by atoms with Crippen molar-refractivity contribution in [1.29, 1.82) is 0 Å². The van der Waals surface area contributed by atoms with E-state index in [0.29, 0.717) is 23.4 Å². The minimum atomic E-state index is -0.408. The number of anilines is 1. The van der Waals surface area contributed by atoms with E-state index in [4.69, 9.17) is 0 Å². The van der Waals surface area contributed by atoms with Crippen molar-refractivity contribution >= 4 is 11.6 Å². The van der Waals surface area contributed by atoms with Crippen molar-refractivity contribution < 1.29 is 9.18 Å². The second-order valence-electron chi connectivity index (χ2n) is 7.97. The van der Waals surface area contributed by atoms with Gasteiger partial charge in [-0.25, -0.2) is 4.39 Å². The van der Waals surface area contributed by atoms with Crippen molar-refractivity contribution in [3.05, 3.63) is 57.7 Å². The number of halogens is 1. The number of hydrogen-bond acceptors (Lipinski definition) is 3. The summed E-state index contributed by atoms with van der Waals surface area (Å²) in [6.45, 7) is 7.99. The minimum absolute atomic E-state index is 0.0950. The monoisotopic (exact) mass is 339 g/mol. The molecule has 4 rings (SSSR count). The zero-order chi connectivity index (χ0) is 17.9. The number of Topliss-reactive ketones (excluding diaryl/α,β-unsaturated/α-hetero) is 1. The topological polar surface area (TPSA) is 57.8 Å². The van der Waals surface area contributed by atoms with Crippen LogP contribution in [0, 0.1) is 25.1 Å². The van der Waals surface area contributed by atoms with Crippen LogP contribution in [0.4, 0.5) is 10.2 Å². The fraction of sp³-hybridized carbons (Fsp3) is 0.400. The third-order valence-electron chi connectivity index (χ3n) is 5.32. The van der Waals surface area contributed by atoms with Crippen molar-refractivity contribution in [1.82, 2.24) is 10.2 Å². The van der Waals surface area contributed by atoms with Crippen molar-refractivity contribution in [3.63, 3.8) is 0 Å². The predicted molar refractivity (Wildman–Crippen MR) is 95.0 cm³/mol. The average molecular weight is 339 g/mol. The van der Waals surface area contributed by atoms with Gasteiger partial charge in [0.15, 0.2) is 11.6 Å². The summed E-state index contributed by atoms with van der Waals surface area (Å²) in [5.74, 6) is 0.116. The van der Waals surface area contributed by atoms with Crippen molar-refractivity contribution in [2.75, 3.05) is 5.32 Å². The van der Waals surface area contributed by atoms with E-state index in [1.807, 2.05) is 19.9 Å². The molecule has 0 saturated heterocycles. The van der Waals surface area contributed by atoms with Gasteiger partial charge in [0.25, 0.3) is 0 Å². The third kappa shape index (κ3) is 2.41. The van der Waals surface area contributed by atoms with E-state index in [1.165, 1.54) is 6.07 Å². The van der Waals surface area contributed by atoms with Crippen LogP contribution in [0.25, 0.3) is 0 Å². The van der Waals surface area contributed by atoms with Gasteiger partial charge in [-0.05, 0) is 37.3 Å². The van der Waals surface area contributed by atoms with Gasteiger partial charge < -0.3 is 5.32 Å².